The van der Waals surface area contributed by atoms with Crippen molar-refractivity contribution in [2.45, 2.75) is 38.8 Å². The first kappa shape index (κ1) is 40.3. The summed E-state index contributed by atoms with van der Waals surface area (Å²) >= 11 is 0. The van der Waals surface area contributed by atoms with Crippen LogP contribution in [0, 0.1) is 11.2 Å². The third kappa shape index (κ3) is 12.7. The molecule has 19 heteroatoms. The standard InChI is InChI=1S/C33H40F2N8O9/c1-5-14-49-31(45)42-27(36)20-7-9-21(10-8-20)40-26(23-16-22(47-4)17-24(25(23)35)48-15-13-44)28(37)41-30(43-29-38-11-6-12-39-29)50-19-51-32(46)52-33(2,3)18-34/h6-12,16-17,26,40,44H,5,13-15,18-19H2,1-4H3,(H2,36,42,45)(H2,37,38,39,41,43)/t26-/m1/s1. The number of carbonyl (C=O) groups excluding carboxylic acids is 2. The highest BCUT2D eigenvalue weighted by Gasteiger charge is 2.27. The van der Waals surface area contributed by atoms with E-state index >= 15 is 4.39 Å². The second-order valence-corrected chi connectivity index (χ2v) is 11.0. The first-order valence-electron chi connectivity index (χ1n) is 15.6. The van der Waals surface area contributed by atoms with Gasteiger partial charge in [-0.05, 0) is 56.7 Å². The van der Waals surface area contributed by atoms with Gasteiger partial charge in [0, 0.05) is 35.3 Å². The molecule has 0 saturated heterocycles. The van der Waals surface area contributed by atoms with Crippen molar-refractivity contribution >= 4 is 41.6 Å². The zero-order valence-electron chi connectivity index (χ0n) is 28.9. The number of aromatic nitrogens is 2. The van der Waals surface area contributed by atoms with Gasteiger partial charge in [-0.25, -0.2) is 28.3 Å². The molecule has 52 heavy (non-hydrogen) atoms. The maximum atomic E-state index is 16.1. The Morgan fingerprint density at radius 1 is 1.08 bits per heavy atom. The maximum absolute atomic E-state index is 16.1. The highest BCUT2D eigenvalue weighted by molar-refractivity contribution is 6.03. The van der Waals surface area contributed by atoms with E-state index in [1.165, 1.54) is 69.7 Å². The van der Waals surface area contributed by atoms with Gasteiger partial charge in [-0.2, -0.15) is 9.98 Å². The van der Waals surface area contributed by atoms with Gasteiger partial charge in [0.1, 0.15) is 36.5 Å². The molecular weight excluding hydrogens is 690 g/mol. The summed E-state index contributed by atoms with van der Waals surface area (Å²) in [6.07, 6.45) is 1.33. The van der Waals surface area contributed by atoms with Crippen LogP contribution in [0.5, 0.6) is 11.5 Å². The summed E-state index contributed by atoms with van der Waals surface area (Å²) in [7, 11) is 1.34. The number of nitrogens with one attached hydrogen (secondary N) is 3. The van der Waals surface area contributed by atoms with Gasteiger partial charge in [-0.1, -0.05) is 6.92 Å². The van der Waals surface area contributed by atoms with Crippen LogP contribution in [-0.2, 0) is 18.9 Å². The van der Waals surface area contributed by atoms with E-state index in [1.807, 2.05) is 6.92 Å². The second kappa shape index (κ2) is 19.9. The predicted molar refractivity (Wildman–Crippen MR) is 185 cm³/mol. The first-order chi connectivity index (χ1) is 24.9. The first-order valence-corrected chi connectivity index (χ1v) is 15.6. The average Bonchev–Trinajstić information content (AvgIpc) is 3.13. The Morgan fingerprint density at radius 2 is 1.79 bits per heavy atom. The lowest BCUT2D eigenvalue weighted by Crippen LogP contribution is -2.31. The molecular formula is C33H40F2N8O9. The molecule has 0 fully saturated rings. The number of amides is 1. The number of hydrogen-bond donors (Lipinski definition) is 5. The number of aliphatic hydroxyl groups excluding tert-OH is 1. The number of methoxy groups -OCH3 is 1. The number of hydrogen-bond acceptors (Lipinski definition) is 13. The number of rotatable bonds is 16. The monoisotopic (exact) mass is 730 g/mol. The van der Waals surface area contributed by atoms with E-state index in [9.17, 15) is 19.1 Å². The van der Waals surface area contributed by atoms with Crippen molar-refractivity contribution in [3.8, 4) is 11.5 Å². The number of halogens is 2. The number of nitrogens with zero attached hydrogens (tertiary/aromatic N) is 4. The number of ether oxygens (including phenoxy) is 6. The van der Waals surface area contributed by atoms with Crippen LogP contribution >= 0.6 is 0 Å². The van der Waals surface area contributed by atoms with Gasteiger partial charge in [-0.3, -0.25) is 10.7 Å². The molecule has 6 N–H and O–H groups in total. The molecule has 0 bridgehead atoms. The minimum absolute atomic E-state index is 0.0274. The SMILES string of the molecule is CCCOC(=O)/N=C(\N)c1ccc(N[C@@H](C(=N)/N=C(\Nc2ncccn2)OCOC(=O)OC(C)(C)CF)c2cc(OC)cc(OCCO)c2F)cc1. The van der Waals surface area contributed by atoms with Gasteiger partial charge in [0.25, 0.3) is 0 Å². The molecule has 1 amide bonds. The number of alkyl halides is 1. The van der Waals surface area contributed by atoms with Crippen molar-refractivity contribution in [2.75, 3.05) is 51.0 Å². The van der Waals surface area contributed by atoms with E-state index in [0.717, 1.165) is 0 Å². The summed E-state index contributed by atoms with van der Waals surface area (Å²) in [5.41, 5.74) is 5.05. The normalized spacial score (nSPS) is 12.3. The van der Waals surface area contributed by atoms with E-state index in [2.05, 4.69) is 30.6 Å². The van der Waals surface area contributed by atoms with E-state index in [0.29, 0.717) is 17.7 Å². The summed E-state index contributed by atoms with van der Waals surface area (Å²) in [4.78, 5) is 39.9. The third-order valence-electron chi connectivity index (χ3n) is 6.40. The fourth-order valence-electron chi connectivity index (χ4n) is 3.91. The lowest BCUT2D eigenvalue weighted by atomic mass is 10.0. The van der Waals surface area contributed by atoms with Gasteiger partial charge < -0.3 is 44.6 Å². The molecule has 17 nitrogen and oxygen atoms in total. The molecule has 280 valence electrons. The Morgan fingerprint density at radius 3 is 2.42 bits per heavy atom. The average molecular weight is 731 g/mol. The van der Waals surface area contributed by atoms with Crippen molar-refractivity contribution in [3.05, 3.63) is 71.8 Å². The Kier molecular flexibility index (Phi) is 15.4. The molecule has 3 rings (SSSR count). The van der Waals surface area contributed by atoms with Crippen LogP contribution in [0.4, 0.5) is 30.0 Å². The molecule has 1 atom stereocenters. The Hall–Kier alpha value is -6.11. The fourth-order valence-corrected chi connectivity index (χ4v) is 3.91. The van der Waals surface area contributed by atoms with E-state index in [4.69, 9.17) is 39.6 Å². The van der Waals surface area contributed by atoms with E-state index < -0.39 is 61.6 Å². The highest BCUT2D eigenvalue weighted by atomic mass is 19.1. The third-order valence-corrected chi connectivity index (χ3v) is 6.40. The Balaban J connectivity index is 2.02. The smallest absolute Gasteiger partial charge is 0.497 e. The van der Waals surface area contributed by atoms with Crippen LogP contribution < -0.4 is 25.8 Å². The van der Waals surface area contributed by atoms with E-state index in [1.54, 1.807) is 6.07 Å². The summed E-state index contributed by atoms with van der Waals surface area (Å²) in [5.74, 6) is -1.74. The van der Waals surface area contributed by atoms with Crippen LogP contribution in [0.1, 0.15) is 44.4 Å². The molecule has 0 radical (unpaired) electrons. The number of nitrogens with two attached hydrogens (primary N) is 1. The molecule has 0 aliphatic rings. The maximum Gasteiger partial charge on any atom is 0.511 e. The quantitative estimate of drug-likeness (QED) is 0.0581. The summed E-state index contributed by atoms with van der Waals surface area (Å²) in [6.45, 7) is 2.26. The van der Waals surface area contributed by atoms with Gasteiger partial charge in [0.2, 0.25) is 12.7 Å². The van der Waals surface area contributed by atoms with Crippen molar-refractivity contribution < 1.29 is 51.9 Å². The zero-order chi connectivity index (χ0) is 38.1. The lowest BCUT2D eigenvalue weighted by molar-refractivity contribution is -0.0526. The minimum Gasteiger partial charge on any atom is -0.497 e. The van der Waals surface area contributed by atoms with Gasteiger partial charge >= 0.3 is 18.3 Å². The molecule has 1 aromatic heterocycles. The minimum atomic E-state index is -1.46. The summed E-state index contributed by atoms with van der Waals surface area (Å²) in [6, 6.07) is 8.38. The second-order valence-electron chi connectivity index (χ2n) is 11.0. The largest absolute Gasteiger partial charge is 0.511 e. The van der Waals surface area contributed by atoms with Crippen molar-refractivity contribution in [3.63, 3.8) is 0 Å². The molecule has 0 aliphatic heterocycles. The molecule has 3 aromatic rings. The summed E-state index contributed by atoms with van der Waals surface area (Å²) in [5, 5.41) is 23.9. The Bertz CT molecular complexity index is 1710. The van der Waals surface area contributed by atoms with Gasteiger partial charge in [0.15, 0.2) is 17.4 Å². The number of aliphatic imine (C=N–C) groups is 2. The number of anilines is 2. The lowest BCUT2D eigenvalue weighted by Gasteiger charge is -2.22. The number of aliphatic hydroxyl groups is 1. The number of benzene rings is 2. The van der Waals surface area contributed by atoms with Crippen LogP contribution in [0.25, 0.3) is 0 Å². The molecule has 1 heterocycles. The predicted octanol–water partition coefficient (Wildman–Crippen LogP) is 4.72. The molecule has 0 aliphatic carbocycles. The molecule has 0 spiro atoms. The van der Waals surface area contributed by atoms with Crippen molar-refractivity contribution in [1.82, 2.24) is 9.97 Å². The topological polar surface area (TPSA) is 234 Å². The van der Waals surface area contributed by atoms with Crippen LogP contribution in [0.3, 0.4) is 0 Å². The fraction of sp³-hybridized carbons (Fsp3) is 0.364. The molecule has 0 saturated carbocycles. The van der Waals surface area contributed by atoms with Gasteiger partial charge in [0.05, 0.1) is 20.3 Å². The summed E-state index contributed by atoms with van der Waals surface area (Å²) < 4.78 is 60.1. The highest BCUT2D eigenvalue weighted by Crippen LogP contribution is 2.34. The van der Waals surface area contributed by atoms with Crippen LogP contribution in [0.15, 0.2) is 64.8 Å². The molecule has 0 unspecified atom stereocenters. The van der Waals surface area contributed by atoms with Crippen LogP contribution in [-0.4, -0.2) is 91.0 Å². The van der Waals surface area contributed by atoms with E-state index in [-0.39, 0.29) is 42.1 Å². The number of carbonyl (C=O) groups is 2. The van der Waals surface area contributed by atoms with Crippen molar-refractivity contribution in [1.29, 1.82) is 5.41 Å². The van der Waals surface area contributed by atoms with Gasteiger partial charge in [-0.15, -0.1) is 0 Å². The van der Waals surface area contributed by atoms with Crippen LogP contribution in [0.2, 0.25) is 0 Å². The zero-order valence-corrected chi connectivity index (χ0v) is 28.9. The van der Waals surface area contributed by atoms with Crippen molar-refractivity contribution in [2.24, 2.45) is 15.7 Å². The molecule has 2 aromatic carbocycles. The Labute approximate surface area is 297 Å². The number of amidine groups is 3.